The summed E-state index contributed by atoms with van der Waals surface area (Å²) in [5.74, 6) is 0. The maximum atomic E-state index is 13.4. The Morgan fingerprint density at radius 2 is 1.32 bits per heavy atom. The molecule has 0 aliphatic carbocycles. The normalized spacial score (nSPS) is 14.4. The molecule has 0 saturated carbocycles. The van der Waals surface area contributed by atoms with Gasteiger partial charge in [0.05, 0.1) is 21.2 Å². The molecule has 1 saturated heterocycles. The Kier molecular flexibility index (Phi) is 8.47. The van der Waals surface area contributed by atoms with E-state index in [2.05, 4.69) is 19.7 Å². The van der Waals surface area contributed by atoms with Crippen molar-refractivity contribution in [1.29, 1.82) is 0 Å². The quantitative estimate of drug-likeness (QED) is 0.297. The maximum absolute atomic E-state index is 13.4. The molecule has 0 amide bonds. The Hall–Kier alpha value is -3.31. The van der Waals surface area contributed by atoms with Crippen molar-refractivity contribution < 1.29 is 16.8 Å². The Bertz CT molecular complexity index is 1620. The van der Waals surface area contributed by atoms with E-state index in [4.69, 9.17) is 0 Å². The number of rotatable bonds is 7. The first-order valence-corrected chi connectivity index (χ1v) is 15.0. The van der Waals surface area contributed by atoms with Crippen LogP contribution in [0.4, 0.5) is 17.1 Å². The minimum absolute atomic E-state index is 0. The fourth-order valence-electron chi connectivity index (χ4n) is 4.35. The summed E-state index contributed by atoms with van der Waals surface area (Å²) < 4.78 is 58.3. The topological polar surface area (TPSA) is 108 Å². The van der Waals surface area contributed by atoms with Crippen molar-refractivity contribution in [2.24, 2.45) is 0 Å². The van der Waals surface area contributed by atoms with E-state index in [1.807, 2.05) is 30.3 Å². The summed E-state index contributed by atoms with van der Waals surface area (Å²) >= 11 is 0. The van der Waals surface area contributed by atoms with Gasteiger partial charge in [-0.1, -0.05) is 48.5 Å². The highest BCUT2D eigenvalue weighted by atomic mass is 35.5. The van der Waals surface area contributed by atoms with Gasteiger partial charge in [0.25, 0.3) is 20.0 Å². The first kappa shape index (κ1) is 27.7. The third kappa shape index (κ3) is 6.21. The Balaban J connectivity index is 0.00000336. The number of nitrogens with zero attached hydrogens (tertiary/aromatic N) is 1. The molecule has 1 fully saturated rings. The summed E-state index contributed by atoms with van der Waals surface area (Å²) in [6.07, 6.45) is 0.946. The summed E-state index contributed by atoms with van der Waals surface area (Å²) in [6.45, 7) is 3.28. The van der Waals surface area contributed by atoms with E-state index < -0.39 is 20.0 Å². The zero-order valence-electron chi connectivity index (χ0n) is 20.5. The molecule has 0 aromatic heterocycles. The number of anilines is 3. The molecule has 200 valence electrons. The lowest BCUT2D eigenvalue weighted by molar-refractivity contribution is 0.599. The van der Waals surface area contributed by atoms with Crippen molar-refractivity contribution in [3.05, 3.63) is 91.0 Å². The molecule has 5 rings (SSSR count). The Labute approximate surface area is 229 Å². The monoisotopic (exact) mass is 572 g/mol. The minimum Gasteiger partial charge on any atom is -0.370 e. The second kappa shape index (κ2) is 11.6. The van der Waals surface area contributed by atoms with Gasteiger partial charge in [0.1, 0.15) is 0 Å². The van der Waals surface area contributed by atoms with Crippen molar-refractivity contribution in [3.8, 4) is 0 Å². The molecule has 0 bridgehead atoms. The van der Waals surface area contributed by atoms with Gasteiger partial charge in [-0.2, -0.15) is 0 Å². The van der Waals surface area contributed by atoms with E-state index in [0.29, 0.717) is 0 Å². The highest BCUT2D eigenvalue weighted by Crippen LogP contribution is 2.32. The molecule has 1 aliphatic rings. The summed E-state index contributed by atoms with van der Waals surface area (Å²) in [5.41, 5.74) is 1.11. The summed E-state index contributed by atoms with van der Waals surface area (Å²) in [6, 6.07) is 25.5. The van der Waals surface area contributed by atoms with Gasteiger partial charge in [0.2, 0.25) is 0 Å². The average molecular weight is 573 g/mol. The molecule has 0 unspecified atom stereocenters. The predicted molar refractivity (Wildman–Crippen MR) is 155 cm³/mol. The molecule has 8 nitrogen and oxygen atoms in total. The molecule has 11 heteroatoms. The maximum Gasteiger partial charge on any atom is 0.261 e. The van der Waals surface area contributed by atoms with Crippen LogP contribution in [-0.2, 0) is 20.0 Å². The number of halogens is 1. The van der Waals surface area contributed by atoms with Gasteiger partial charge < -0.3 is 10.2 Å². The van der Waals surface area contributed by atoms with E-state index >= 15 is 0 Å². The van der Waals surface area contributed by atoms with Crippen LogP contribution in [0.5, 0.6) is 0 Å². The van der Waals surface area contributed by atoms with Crippen LogP contribution in [0, 0.1) is 0 Å². The Morgan fingerprint density at radius 1 is 0.632 bits per heavy atom. The van der Waals surface area contributed by atoms with Gasteiger partial charge >= 0.3 is 0 Å². The van der Waals surface area contributed by atoms with Crippen LogP contribution in [0.1, 0.15) is 6.42 Å². The van der Waals surface area contributed by atoms with E-state index in [-0.39, 0.29) is 33.6 Å². The molecule has 3 N–H and O–H groups in total. The van der Waals surface area contributed by atoms with Gasteiger partial charge in [-0.05, 0) is 66.2 Å². The molecule has 4 aromatic carbocycles. The van der Waals surface area contributed by atoms with E-state index in [1.165, 1.54) is 18.2 Å². The lowest BCUT2D eigenvalue weighted by Gasteiger charge is -2.24. The smallest absolute Gasteiger partial charge is 0.261 e. The van der Waals surface area contributed by atoms with Crippen LogP contribution >= 0.6 is 12.4 Å². The highest BCUT2D eigenvalue weighted by molar-refractivity contribution is 7.93. The minimum atomic E-state index is -4.00. The number of sulfonamides is 2. The summed E-state index contributed by atoms with van der Waals surface area (Å²) in [7, 11) is -7.95. The van der Waals surface area contributed by atoms with E-state index in [1.54, 1.807) is 42.5 Å². The molecule has 4 aromatic rings. The van der Waals surface area contributed by atoms with E-state index in [0.717, 1.165) is 49.1 Å². The molecule has 0 radical (unpaired) electrons. The van der Waals surface area contributed by atoms with Crippen molar-refractivity contribution in [1.82, 2.24) is 5.32 Å². The van der Waals surface area contributed by atoms with Gasteiger partial charge in [-0.3, -0.25) is 9.44 Å². The zero-order valence-corrected chi connectivity index (χ0v) is 23.0. The van der Waals surface area contributed by atoms with Crippen molar-refractivity contribution >= 4 is 60.3 Å². The second-order valence-electron chi connectivity index (χ2n) is 8.85. The van der Waals surface area contributed by atoms with Crippen LogP contribution in [-0.4, -0.2) is 43.0 Å². The number of fused-ring (bicyclic) bond motifs is 1. The van der Waals surface area contributed by atoms with Gasteiger partial charge in [-0.25, -0.2) is 16.8 Å². The molecule has 1 heterocycles. The lowest BCUT2D eigenvalue weighted by atomic mass is 10.1. The molecule has 1 aliphatic heterocycles. The molecule has 0 spiro atoms. The number of hydrogen-bond acceptors (Lipinski definition) is 6. The van der Waals surface area contributed by atoms with Crippen LogP contribution in [0.2, 0.25) is 0 Å². The van der Waals surface area contributed by atoms with Gasteiger partial charge in [-0.15, -0.1) is 12.4 Å². The molecule has 0 atom stereocenters. The predicted octanol–water partition coefficient (Wildman–Crippen LogP) is 4.66. The van der Waals surface area contributed by atoms with Gasteiger partial charge in [0.15, 0.2) is 0 Å². The summed E-state index contributed by atoms with van der Waals surface area (Å²) in [4.78, 5) is 2.33. The fraction of sp³-hybridized carbons (Fsp3) is 0.185. The molecular weight excluding hydrogens is 544 g/mol. The fourth-order valence-corrected chi connectivity index (χ4v) is 6.55. The van der Waals surface area contributed by atoms with Crippen LogP contribution < -0.4 is 19.7 Å². The molecular formula is C27H29ClN4O4S2. The highest BCUT2D eigenvalue weighted by Gasteiger charge is 2.22. The summed E-state index contributed by atoms with van der Waals surface area (Å²) in [5, 5.41) is 5.07. The third-order valence-corrected chi connectivity index (χ3v) is 9.03. The van der Waals surface area contributed by atoms with Crippen molar-refractivity contribution in [2.75, 3.05) is 40.5 Å². The van der Waals surface area contributed by atoms with Crippen LogP contribution in [0.25, 0.3) is 10.8 Å². The largest absolute Gasteiger partial charge is 0.370 e. The van der Waals surface area contributed by atoms with E-state index in [9.17, 15) is 16.8 Å². The standard InChI is InChI=1S/C27H28N4O4S2.ClH/c32-36(33,24-9-2-1-3-10-24)30-27-20-23(31-17-6-15-28-16-18-31)12-14-26(27)29-37(34,35)25-13-11-21-7-4-5-8-22(21)19-25;/h1-5,7-14,19-20,28-30H,6,15-18H2;1H. The van der Waals surface area contributed by atoms with Gasteiger partial charge in [0, 0.05) is 25.3 Å². The van der Waals surface area contributed by atoms with Crippen molar-refractivity contribution in [3.63, 3.8) is 0 Å². The first-order valence-electron chi connectivity index (χ1n) is 12.0. The SMILES string of the molecule is Cl.O=S(=O)(Nc1ccc(N2CCCNCC2)cc1NS(=O)(=O)c1ccccc1)c1ccc2ccccc2c1. The second-order valence-corrected chi connectivity index (χ2v) is 12.2. The Morgan fingerprint density at radius 3 is 2.11 bits per heavy atom. The first-order chi connectivity index (χ1) is 17.8. The number of benzene rings is 4. The van der Waals surface area contributed by atoms with Crippen LogP contribution in [0.3, 0.4) is 0 Å². The lowest BCUT2D eigenvalue weighted by Crippen LogP contribution is -2.28. The van der Waals surface area contributed by atoms with Crippen LogP contribution in [0.15, 0.2) is 101 Å². The average Bonchev–Trinajstić information content (AvgIpc) is 3.19. The van der Waals surface area contributed by atoms with Crippen molar-refractivity contribution in [2.45, 2.75) is 16.2 Å². The number of hydrogen-bond donors (Lipinski definition) is 3. The zero-order chi connectivity index (χ0) is 25.9. The molecule has 38 heavy (non-hydrogen) atoms. The third-order valence-electron chi connectivity index (χ3n) is 6.28. The number of nitrogens with one attached hydrogen (secondary N) is 3.